The fourth-order valence-corrected chi connectivity index (χ4v) is 3.13. The Morgan fingerprint density at radius 1 is 1.16 bits per heavy atom. The summed E-state index contributed by atoms with van der Waals surface area (Å²) in [4.78, 5) is 1.16. The van der Waals surface area contributed by atoms with Gasteiger partial charge in [0.05, 0.1) is 11.8 Å². The van der Waals surface area contributed by atoms with Crippen molar-refractivity contribution in [1.29, 1.82) is 5.26 Å². The Morgan fingerprint density at radius 3 is 2.24 bits per heavy atom. The molecule has 7 heteroatoms. The van der Waals surface area contributed by atoms with Gasteiger partial charge in [0.1, 0.15) is 11.8 Å². The van der Waals surface area contributed by atoms with Crippen LogP contribution in [0.5, 0.6) is 0 Å². The van der Waals surface area contributed by atoms with Crippen molar-refractivity contribution < 1.29 is 12.7 Å². The number of hydrogen-bond donors (Lipinski definition) is 0. The lowest BCUT2D eigenvalue weighted by molar-refractivity contribution is 0.344. The van der Waals surface area contributed by atoms with E-state index in [-0.39, 0.29) is 0 Å². The first-order valence-corrected chi connectivity index (χ1v) is 10.2. The lowest BCUT2D eigenvalue weighted by Crippen LogP contribution is -2.01. The molecule has 0 spiro atoms. The monoisotopic (exact) mass is 374 g/mol. The Morgan fingerprint density at radius 2 is 1.76 bits per heavy atom. The van der Waals surface area contributed by atoms with Gasteiger partial charge >= 0.3 is 10.1 Å². The molecule has 0 atom stereocenters. The molecule has 0 saturated carbocycles. The third kappa shape index (κ3) is 5.93. The van der Waals surface area contributed by atoms with Crippen molar-refractivity contribution in [1.82, 2.24) is 0 Å². The van der Waals surface area contributed by atoms with Crippen LogP contribution in [0.4, 0.5) is 0 Å². The first-order valence-electron chi connectivity index (χ1n) is 7.53. The highest BCUT2D eigenvalue weighted by Crippen LogP contribution is 2.27. The van der Waals surface area contributed by atoms with E-state index in [4.69, 9.17) is 0 Å². The average molecular weight is 374 g/mol. The summed E-state index contributed by atoms with van der Waals surface area (Å²) in [6, 6.07) is 10.1. The highest BCUT2D eigenvalue weighted by molar-refractivity contribution is 7.99. The molecule has 0 radical (unpaired) electrons. The zero-order valence-corrected chi connectivity index (χ0v) is 15.8. The molecule has 1 aromatic rings. The number of nitriles is 1. The summed E-state index contributed by atoms with van der Waals surface area (Å²) in [7, 11) is -3.64. The molecular weight excluding hydrogens is 356 g/mol. The summed E-state index contributed by atoms with van der Waals surface area (Å²) < 4.78 is 26.3. The van der Waals surface area contributed by atoms with E-state index in [9.17, 15) is 13.7 Å². The zero-order chi connectivity index (χ0) is 18.4. The molecule has 0 saturated heterocycles. The molecule has 1 aromatic carbocycles. The van der Waals surface area contributed by atoms with Crippen LogP contribution in [0, 0.1) is 11.3 Å². The van der Waals surface area contributed by atoms with Gasteiger partial charge in [-0.2, -0.15) is 13.7 Å². The molecule has 25 heavy (non-hydrogen) atoms. The second-order valence-corrected chi connectivity index (χ2v) is 8.80. The maximum absolute atomic E-state index is 10.9. The smallest absolute Gasteiger partial charge is 0.268 e. The van der Waals surface area contributed by atoms with Crippen molar-refractivity contribution in [2.24, 2.45) is 5.16 Å². The summed E-state index contributed by atoms with van der Waals surface area (Å²) in [6.07, 6.45) is 7.54. The number of benzene rings is 1. The first kappa shape index (κ1) is 19.0. The topological polar surface area (TPSA) is 79.5 Å². The van der Waals surface area contributed by atoms with E-state index in [0.29, 0.717) is 16.5 Å². The highest BCUT2D eigenvalue weighted by atomic mass is 32.2. The predicted octanol–water partition coefficient (Wildman–Crippen LogP) is 3.92. The highest BCUT2D eigenvalue weighted by Gasteiger charge is 2.09. The molecule has 1 aliphatic rings. The zero-order valence-electron chi connectivity index (χ0n) is 14.1. The van der Waals surface area contributed by atoms with E-state index in [1.807, 2.05) is 24.3 Å². The predicted molar refractivity (Wildman–Crippen MR) is 102 cm³/mol. The third-order valence-corrected chi connectivity index (χ3v) is 4.42. The molecule has 0 aliphatic heterocycles. The Balaban J connectivity index is 2.23. The van der Waals surface area contributed by atoms with Crippen LogP contribution in [0.2, 0.25) is 0 Å². The number of oxime groups is 1. The van der Waals surface area contributed by atoms with Gasteiger partial charge in [-0.15, -0.1) is 11.8 Å². The molecular formula is C18H18N2O3S2. The van der Waals surface area contributed by atoms with Crippen LogP contribution in [0.3, 0.4) is 0 Å². The molecule has 0 fully saturated rings. The lowest BCUT2D eigenvalue weighted by atomic mass is 9.97. The van der Waals surface area contributed by atoms with Crippen molar-refractivity contribution in [2.75, 3.05) is 6.26 Å². The Bertz CT molecular complexity index is 883. The van der Waals surface area contributed by atoms with Crippen molar-refractivity contribution in [3.63, 3.8) is 0 Å². The van der Waals surface area contributed by atoms with E-state index in [0.717, 1.165) is 22.3 Å². The third-order valence-electron chi connectivity index (χ3n) is 3.06. The summed E-state index contributed by atoms with van der Waals surface area (Å²) in [5.41, 5.74) is 2.45. The summed E-state index contributed by atoms with van der Waals surface area (Å²) in [6.45, 7) is 4.26. The minimum atomic E-state index is -3.64. The lowest BCUT2D eigenvalue weighted by Gasteiger charge is -2.08. The molecule has 5 nitrogen and oxygen atoms in total. The summed E-state index contributed by atoms with van der Waals surface area (Å²) >= 11 is 1.76. The van der Waals surface area contributed by atoms with Gasteiger partial charge in [-0.05, 0) is 35.4 Å². The van der Waals surface area contributed by atoms with E-state index in [1.54, 1.807) is 36.1 Å². The van der Waals surface area contributed by atoms with E-state index < -0.39 is 10.1 Å². The fourth-order valence-electron chi connectivity index (χ4n) is 2.07. The van der Waals surface area contributed by atoms with E-state index >= 15 is 0 Å². The van der Waals surface area contributed by atoms with Gasteiger partial charge in [-0.1, -0.05) is 43.3 Å². The molecule has 2 rings (SSSR count). The standard InChI is InChI=1S/C18H18N2O3S2/c1-13(2)24-17-10-6-15(7-11-17)18(12-19)14-4-8-16(9-5-14)20-23-25(3,21)22/h4-11,13H,1-3H3. The Kier molecular flexibility index (Phi) is 6.23. The van der Waals surface area contributed by atoms with Crippen LogP contribution in [0.25, 0.3) is 5.57 Å². The molecule has 0 amide bonds. The first-order chi connectivity index (χ1) is 11.8. The molecule has 0 heterocycles. The van der Waals surface area contributed by atoms with Gasteiger partial charge in [-0.25, -0.2) is 0 Å². The maximum atomic E-state index is 10.9. The van der Waals surface area contributed by atoms with Crippen LogP contribution >= 0.6 is 11.8 Å². The van der Waals surface area contributed by atoms with E-state index in [2.05, 4.69) is 29.4 Å². The van der Waals surface area contributed by atoms with Crippen molar-refractivity contribution in [2.45, 2.75) is 24.0 Å². The average Bonchev–Trinajstić information content (AvgIpc) is 2.55. The summed E-state index contributed by atoms with van der Waals surface area (Å²) in [5, 5.41) is 13.5. The molecule has 130 valence electrons. The van der Waals surface area contributed by atoms with Crippen LogP contribution < -0.4 is 0 Å². The van der Waals surface area contributed by atoms with Crippen molar-refractivity contribution in [3.8, 4) is 6.07 Å². The molecule has 0 aromatic heterocycles. The fraction of sp³-hybridized carbons (Fsp3) is 0.222. The quantitative estimate of drug-likeness (QED) is 0.443. The minimum absolute atomic E-state index is 0.357. The van der Waals surface area contributed by atoms with Gasteiger partial charge in [0, 0.05) is 10.1 Å². The Hall–Kier alpha value is -2.30. The number of allylic oxidation sites excluding steroid dienone is 6. The van der Waals surface area contributed by atoms with Crippen LogP contribution in [0.1, 0.15) is 19.4 Å². The number of rotatable bonds is 5. The van der Waals surface area contributed by atoms with Gasteiger partial charge < -0.3 is 0 Å². The van der Waals surface area contributed by atoms with Gasteiger partial charge in [0.2, 0.25) is 0 Å². The van der Waals surface area contributed by atoms with Crippen LogP contribution in [-0.4, -0.2) is 25.6 Å². The number of hydrogen-bond acceptors (Lipinski definition) is 6. The molecule has 0 bridgehead atoms. The second-order valence-electron chi connectivity index (χ2n) is 5.59. The van der Waals surface area contributed by atoms with Crippen molar-refractivity contribution >= 4 is 33.2 Å². The van der Waals surface area contributed by atoms with Crippen molar-refractivity contribution in [3.05, 3.63) is 59.7 Å². The minimum Gasteiger partial charge on any atom is -0.268 e. The summed E-state index contributed by atoms with van der Waals surface area (Å²) in [5.74, 6) is 0. The normalized spacial score (nSPS) is 13.7. The van der Waals surface area contributed by atoms with Crippen LogP contribution in [-0.2, 0) is 14.4 Å². The van der Waals surface area contributed by atoms with Gasteiger partial charge in [0.25, 0.3) is 0 Å². The molecule has 1 aliphatic carbocycles. The number of nitrogens with zero attached hydrogens (tertiary/aromatic N) is 2. The van der Waals surface area contributed by atoms with E-state index in [1.165, 1.54) is 0 Å². The van der Waals surface area contributed by atoms with Gasteiger partial charge in [-0.3, -0.25) is 4.28 Å². The Labute approximate surface area is 152 Å². The molecule has 0 unspecified atom stereocenters. The SMILES string of the molecule is CC(C)Sc1ccc(C(C#N)=C2C=CC(=NOS(C)(=O)=O)C=C2)cc1. The number of thioether (sulfide) groups is 1. The van der Waals surface area contributed by atoms with Crippen LogP contribution in [0.15, 0.2) is 64.2 Å². The molecule has 0 N–H and O–H groups in total. The second kappa shape index (κ2) is 8.19. The van der Waals surface area contributed by atoms with Gasteiger partial charge in [0.15, 0.2) is 0 Å². The largest absolute Gasteiger partial charge is 0.325 e. The maximum Gasteiger partial charge on any atom is 0.325 e.